The summed E-state index contributed by atoms with van der Waals surface area (Å²) in [5, 5.41) is 6.49. The molecule has 0 saturated carbocycles. The van der Waals surface area contributed by atoms with Gasteiger partial charge < -0.3 is 20.3 Å². The number of piperazine rings is 1. The van der Waals surface area contributed by atoms with Crippen LogP contribution in [0.25, 0.3) is 0 Å². The van der Waals surface area contributed by atoms with Crippen LogP contribution in [-0.2, 0) is 9.53 Å². The second-order valence-corrected chi connectivity index (χ2v) is 5.23. The lowest BCUT2D eigenvalue weighted by atomic mass is 10.3. The van der Waals surface area contributed by atoms with Crippen LogP contribution in [0.3, 0.4) is 0 Å². The fraction of sp³-hybridized carbons (Fsp3) is 0.867. The quantitative estimate of drug-likeness (QED) is 0.367. The molecule has 0 atom stereocenters. The van der Waals surface area contributed by atoms with Gasteiger partial charge in [-0.3, -0.25) is 14.7 Å². The van der Waals surface area contributed by atoms with Crippen molar-refractivity contribution < 1.29 is 9.53 Å². The minimum absolute atomic E-state index is 0.172. The molecule has 0 bridgehead atoms. The minimum atomic E-state index is 0.172. The van der Waals surface area contributed by atoms with Crippen molar-refractivity contribution in [3.05, 3.63) is 0 Å². The van der Waals surface area contributed by atoms with E-state index in [9.17, 15) is 4.79 Å². The monoisotopic (exact) mass is 313 g/mol. The van der Waals surface area contributed by atoms with Gasteiger partial charge in [0, 0.05) is 59.3 Å². The Hall–Kier alpha value is -1.34. The highest BCUT2D eigenvalue weighted by atomic mass is 16.5. The highest BCUT2D eigenvalue weighted by Crippen LogP contribution is 2.01. The van der Waals surface area contributed by atoms with Crippen LogP contribution in [0, 0.1) is 0 Å². The first kappa shape index (κ1) is 18.7. The minimum Gasteiger partial charge on any atom is -0.380 e. The molecule has 1 saturated heterocycles. The van der Waals surface area contributed by atoms with Crippen LogP contribution in [0.15, 0.2) is 4.99 Å². The van der Waals surface area contributed by atoms with E-state index in [-0.39, 0.29) is 5.91 Å². The number of aliphatic imine (C=N–C) groups is 1. The van der Waals surface area contributed by atoms with E-state index < -0.39 is 0 Å². The fourth-order valence-corrected chi connectivity index (χ4v) is 2.32. The molecule has 128 valence electrons. The van der Waals surface area contributed by atoms with Crippen LogP contribution in [0.5, 0.6) is 0 Å². The number of amides is 1. The Labute approximate surface area is 134 Å². The molecule has 7 heteroatoms. The molecule has 0 aromatic rings. The maximum atomic E-state index is 11.3. The van der Waals surface area contributed by atoms with Crippen LogP contribution in [-0.4, -0.2) is 87.2 Å². The number of carbonyl (C=O) groups excluding carboxylic acids is 1. The predicted octanol–water partition coefficient (Wildman–Crippen LogP) is -0.258. The van der Waals surface area contributed by atoms with E-state index in [0.29, 0.717) is 6.61 Å². The summed E-state index contributed by atoms with van der Waals surface area (Å²) in [6, 6.07) is 0. The lowest BCUT2D eigenvalue weighted by Crippen LogP contribution is -2.48. The molecular formula is C15H31N5O2. The number of carbonyl (C=O) groups is 1. The lowest BCUT2D eigenvalue weighted by molar-refractivity contribution is -0.130. The second-order valence-electron chi connectivity index (χ2n) is 5.23. The summed E-state index contributed by atoms with van der Waals surface area (Å²) >= 11 is 0. The predicted molar refractivity (Wildman–Crippen MR) is 89.2 cm³/mol. The Kier molecular flexibility index (Phi) is 9.57. The molecule has 1 aliphatic rings. The van der Waals surface area contributed by atoms with Crippen LogP contribution in [0.2, 0.25) is 0 Å². The molecule has 22 heavy (non-hydrogen) atoms. The van der Waals surface area contributed by atoms with Crippen molar-refractivity contribution in [2.24, 2.45) is 4.99 Å². The third-order valence-electron chi connectivity index (χ3n) is 3.59. The van der Waals surface area contributed by atoms with Crippen LogP contribution in [0.1, 0.15) is 20.8 Å². The molecule has 1 amide bonds. The van der Waals surface area contributed by atoms with E-state index in [1.165, 1.54) is 0 Å². The molecule has 1 rings (SSSR count). The summed E-state index contributed by atoms with van der Waals surface area (Å²) < 4.78 is 5.31. The Bertz CT molecular complexity index is 341. The van der Waals surface area contributed by atoms with Gasteiger partial charge in [-0.05, 0) is 13.8 Å². The summed E-state index contributed by atoms with van der Waals surface area (Å²) in [6.45, 7) is 13.9. The van der Waals surface area contributed by atoms with E-state index in [0.717, 1.165) is 64.9 Å². The Morgan fingerprint density at radius 1 is 1.18 bits per heavy atom. The Balaban J connectivity index is 2.24. The molecule has 0 aromatic heterocycles. The number of hydrogen-bond acceptors (Lipinski definition) is 4. The third-order valence-corrected chi connectivity index (χ3v) is 3.59. The molecule has 0 spiro atoms. The zero-order valence-corrected chi connectivity index (χ0v) is 14.2. The van der Waals surface area contributed by atoms with Gasteiger partial charge >= 0.3 is 0 Å². The van der Waals surface area contributed by atoms with Gasteiger partial charge in [-0.2, -0.15) is 0 Å². The largest absolute Gasteiger partial charge is 0.380 e. The van der Waals surface area contributed by atoms with Crippen molar-refractivity contribution >= 4 is 11.9 Å². The molecule has 1 aliphatic heterocycles. The zero-order valence-electron chi connectivity index (χ0n) is 14.2. The van der Waals surface area contributed by atoms with Crippen molar-refractivity contribution in [3.63, 3.8) is 0 Å². The highest BCUT2D eigenvalue weighted by molar-refractivity contribution is 5.79. The number of ether oxygens (including phenoxy) is 1. The van der Waals surface area contributed by atoms with E-state index in [1.807, 2.05) is 11.8 Å². The summed E-state index contributed by atoms with van der Waals surface area (Å²) in [6.07, 6.45) is 0. The fourth-order valence-electron chi connectivity index (χ4n) is 2.32. The number of nitrogens with one attached hydrogen (secondary N) is 2. The third kappa shape index (κ3) is 7.61. The first-order valence-corrected chi connectivity index (χ1v) is 8.25. The first-order valence-electron chi connectivity index (χ1n) is 8.25. The van der Waals surface area contributed by atoms with Gasteiger partial charge in [0.05, 0.1) is 13.2 Å². The Morgan fingerprint density at radius 2 is 1.91 bits per heavy atom. The first-order chi connectivity index (χ1) is 10.7. The van der Waals surface area contributed by atoms with E-state index in [1.54, 1.807) is 6.92 Å². The average Bonchev–Trinajstić information content (AvgIpc) is 2.52. The average molecular weight is 313 g/mol. The van der Waals surface area contributed by atoms with Gasteiger partial charge in [-0.15, -0.1) is 0 Å². The standard InChI is InChI=1S/C15H31N5O2/c1-4-16-15(18-7-13-22-5-2)17-6-8-19-9-11-20(12-10-19)14(3)21/h4-13H2,1-3H3,(H2,16,17,18). The van der Waals surface area contributed by atoms with Gasteiger partial charge in [0.15, 0.2) is 5.96 Å². The second kappa shape index (κ2) is 11.3. The number of nitrogens with zero attached hydrogens (tertiary/aromatic N) is 3. The molecule has 2 N–H and O–H groups in total. The zero-order chi connectivity index (χ0) is 16.2. The topological polar surface area (TPSA) is 69.2 Å². The van der Waals surface area contributed by atoms with Crippen molar-refractivity contribution in [1.82, 2.24) is 20.4 Å². The lowest BCUT2D eigenvalue weighted by Gasteiger charge is -2.33. The van der Waals surface area contributed by atoms with Crippen LogP contribution in [0.4, 0.5) is 0 Å². The van der Waals surface area contributed by atoms with Crippen molar-refractivity contribution in [1.29, 1.82) is 0 Å². The molecule has 7 nitrogen and oxygen atoms in total. The summed E-state index contributed by atoms with van der Waals surface area (Å²) in [5.74, 6) is 1.01. The number of rotatable bonds is 8. The van der Waals surface area contributed by atoms with E-state index in [4.69, 9.17) is 4.74 Å². The van der Waals surface area contributed by atoms with Crippen molar-refractivity contribution in [2.75, 3.05) is 65.6 Å². The molecule has 0 radical (unpaired) electrons. The van der Waals surface area contributed by atoms with Crippen LogP contribution < -0.4 is 10.6 Å². The maximum Gasteiger partial charge on any atom is 0.219 e. The smallest absolute Gasteiger partial charge is 0.219 e. The number of guanidine groups is 1. The Morgan fingerprint density at radius 3 is 2.50 bits per heavy atom. The molecule has 1 heterocycles. The molecule has 1 fully saturated rings. The van der Waals surface area contributed by atoms with Gasteiger partial charge in [-0.25, -0.2) is 0 Å². The maximum absolute atomic E-state index is 11.3. The normalized spacial score (nSPS) is 16.7. The van der Waals surface area contributed by atoms with E-state index >= 15 is 0 Å². The van der Waals surface area contributed by atoms with Crippen molar-refractivity contribution in [3.8, 4) is 0 Å². The molecule has 0 aliphatic carbocycles. The summed E-state index contributed by atoms with van der Waals surface area (Å²) in [4.78, 5) is 20.1. The summed E-state index contributed by atoms with van der Waals surface area (Å²) in [5.41, 5.74) is 0. The van der Waals surface area contributed by atoms with Gasteiger partial charge in [0.2, 0.25) is 5.91 Å². The SMILES string of the molecule is CCNC(=NCCN1CCN(C(C)=O)CC1)NCCOCC. The summed E-state index contributed by atoms with van der Waals surface area (Å²) in [7, 11) is 0. The van der Waals surface area contributed by atoms with Gasteiger partial charge in [-0.1, -0.05) is 0 Å². The molecule has 0 aromatic carbocycles. The number of hydrogen-bond donors (Lipinski definition) is 2. The van der Waals surface area contributed by atoms with Crippen LogP contribution >= 0.6 is 0 Å². The highest BCUT2D eigenvalue weighted by Gasteiger charge is 2.17. The molecule has 0 unspecified atom stereocenters. The van der Waals surface area contributed by atoms with Crippen molar-refractivity contribution in [2.45, 2.75) is 20.8 Å². The van der Waals surface area contributed by atoms with E-state index in [2.05, 4.69) is 27.4 Å². The van der Waals surface area contributed by atoms with Gasteiger partial charge in [0.25, 0.3) is 0 Å². The molecular weight excluding hydrogens is 282 g/mol. The van der Waals surface area contributed by atoms with Gasteiger partial charge in [0.1, 0.15) is 0 Å².